The van der Waals surface area contributed by atoms with Crippen LogP contribution in [0.2, 0.25) is 0 Å². The second-order valence-electron chi connectivity index (χ2n) is 9.01. The SMILES string of the molecule is O=C(OCc1ccccc1)N1CCN(c2ccc3n[nH]c(S(=O)c4cccc5ccccc45)c3c2)CC1. The van der Waals surface area contributed by atoms with Crippen LogP contribution in [0.1, 0.15) is 5.56 Å². The van der Waals surface area contributed by atoms with Gasteiger partial charge >= 0.3 is 6.09 Å². The molecule has 8 heteroatoms. The van der Waals surface area contributed by atoms with Gasteiger partial charge in [-0.2, -0.15) is 5.10 Å². The molecule has 6 rings (SSSR count). The third kappa shape index (κ3) is 4.68. The predicted octanol–water partition coefficient (Wildman–Crippen LogP) is 5.34. The van der Waals surface area contributed by atoms with E-state index in [-0.39, 0.29) is 12.7 Å². The number of anilines is 1. The van der Waals surface area contributed by atoms with Crippen molar-refractivity contribution in [1.82, 2.24) is 15.1 Å². The average molecular weight is 511 g/mol. The van der Waals surface area contributed by atoms with Gasteiger partial charge in [0.25, 0.3) is 0 Å². The molecule has 37 heavy (non-hydrogen) atoms. The first kappa shape index (κ1) is 23.2. The van der Waals surface area contributed by atoms with E-state index in [1.807, 2.05) is 91.0 Å². The fraction of sp³-hybridized carbons (Fsp3) is 0.172. The fourth-order valence-corrected chi connectivity index (χ4v) is 6.04. The highest BCUT2D eigenvalue weighted by molar-refractivity contribution is 7.85. The van der Waals surface area contributed by atoms with Gasteiger partial charge in [0.15, 0.2) is 0 Å². The van der Waals surface area contributed by atoms with Gasteiger partial charge < -0.3 is 14.5 Å². The summed E-state index contributed by atoms with van der Waals surface area (Å²) in [4.78, 5) is 17.3. The summed E-state index contributed by atoms with van der Waals surface area (Å²) in [7, 11) is -1.41. The smallest absolute Gasteiger partial charge is 0.410 e. The minimum atomic E-state index is -1.41. The normalized spacial score (nSPS) is 14.7. The molecule has 5 aromatic rings. The van der Waals surface area contributed by atoms with Gasteiger partial charge in [0.2, 0.25) is 0 Å². The highest BCUT2D eigenvalue weighted by atomic mass is 32.2. The van der Waals surface area contributed by atoms with Crippen molar-refractivity contribution >= 4 is 44.3 Å². The number of rotatable bonds is 5. The van der Waals surface area contributed by atoms with Crippen LogP contribution in [0.15, 0.2) is 101 Å². The highest BCUT2D eigenvalue weighted by Gasteiger charge is 2.24. The number of nitrogens with one attached hydrogen (secondary N) is 1. The van der Waals surface area contributed by atoms with E-state index in [9.17, 15) is 9.00 Å². The Morgan fingerprint density at radius 1 is 0.865 bits per heavy atom. The van der Waals surface area contributed by atoms with Crippen LogP contribution in [0, 0.1) is 0 Å². The van der Waals surface area contributed by atoms with Crippen molar-refractivity contribution < 1.29 is 13.7 Å². The highest BCUT2D eigenvalue weighted by Crippen LogP contribution is 2.30. The zero-order valence-electron chi connectivity index (χ0n) is 20.2. The minimum absolute atomic E-state index is 0.271. The van der Waals surface area contributed by atoms with Crippen LogP contribution >= 0.6 is 0 Å². The molecule has 2 heterocycles. The molecule has 1 amide bonds. The van der Waals surface area contributed by atoms with E-state index in [0.717, 1.165) is 37.8 Å². The Bertz CT molecular complexity index is 1590. The standard InChI is InChI=1S/C29H26N4O3S/c34-29(36-20-21-7-2-1-3-8-21)33-17-15-32(16-18-33)23-13-14-26-25(19-23)28(31-30-26)37(35)27-12-6-10-22-9-4-5-11-24(22)27/h1-14,19H,15-18,20H2,(H,30,31). The molecular formula is C29H26N4O3S. The van der Waals surface area contributed by atoms with Crippen molar-refractivity contribution in [1.29, 1.82) is 0 Å². The van der Waals surface area contributed by atoms with Crippen molar-refractivity contribution in [3.8, 4) is 0 Å². The third-order valence-corrected chi connectivity index (χ3v) is 8.18. The number of aromatic nitrogens is 2. The molecule has 0 spiro atoms. The van der Waals surface area contributed by atoms with Gasteiger partial charge in [-0.15, -0.1) is 0 Å². The average Bonchev–Trinajstić information content (AvgIpc) is 3.39. The number of carbonyl (C=O) groups is 1. The Morgan fingerprint density at radius 2 is 1.62 bits per heavy atom. The molecule has 7 nitrogen and oxygen atoms in total. The summed E-state index contributed by atoms with van der Waals surface area (Å²) in [5.41, 5.74) is 2.76. The topological polar surface area (TPSA) is 78.5 Å². The number of amides is 1. The van der Waals surface area contributed by atoms with Crippen LogP contribution in [0.5, 0.6) is 0 Å². The number of fused-ring (bicyclic) bond motifs is 2. The fourth-order valence-electron chi connectivity index (χ4n) is 4.74. The molecule has 0 aliphatic carbocycles. The summed E-state index contributed by atoms with van der Waals surface area (Å²) in [6.45, 7) is 2.79. The maximum atomic E-state index is 13.7. The second-order valence-corrected chi connectivity index (χ2v) is 10.4. The Balaban J connectivity index is 1.17. The molecule has 0 radical (unpaired) electrons. The van der Waals surface area contributed by atoms with Gasteiger partial charge in [-0.1, -0.05) is 66.7 Å². The number of piperazine rings is 1. The molecule has 4 aromatic carbocycles. The van der Waals surface area contributed by atoms with E-state index >= 15 is 0 Å². The zero-order valence-corrected chi connectivity index (χ0v) is 21.0. The minimum Gasteiger partial charge on any atom is -0.445 e. The Kier molecular flexibility index (Phi) is 6.32. The monoisotopic (exact) mass is 510 g/mol. The zero-order chi connectivity index (χ0) is 25.2. The lowest BCUT2D eigenvalue weighted by atomic mass is 10.1. The van der Waals surface area contributed by atoms with Gasteiger partial charge in [-0.25, -0.2) is 9.00 Å². The molecule has 1 unspecified atom stereocenters. The van der Waals surface area contributed by atoms with E-state index in [1.165, 1.54) is 0 Å². The molecule has 1 aliphatic heterocycles. The lowest BCUT2D eigenvalue weighted by Gasteiger charge is -2.35. The predicted molar refractivity (Wildman–Crippen MR) is 145 cm³/mol. The summed E-state index contributed by atoms with van der Waals surface area (Å²) in [6.07, 6.45) is -0.290. The van der Waals surface area contributed by atoms with Gasteiger partial charge in [0.1, 0.15) is 22.4 Å². The van der Waals surface area contributed by atoms with Gasteiger partial charge in [-0.05, 0) is 40.6 Å². The van der Waals surface area contributed by atoms with Crippen LogP contribution in [0.25, 0.3) is 21.7 Å². The van der Waals surface area contributed by atoms with E-state index in [2.05, 4.69) is 15.1 Å². The Morgan fingerprint density at radius 3 is 2.46 bits per heavy atom. The van der Waals surface area contributed by atoms with Crippen molar-refractivity contribution in [2.24, 2.45) is 0 Å². The van der Waals surface area contributed by atoms with Crippen molar-refractivity contribution in [3.63, 3.8) is 0 Å². The van der Waals surface area contributed by atoms with E-state index < -0.39 is 10.8 Å². The van der Waals surface area contributed by atoms with Crippen LogP contribution in [-0.2, 0) is 22.1 Å². The van der Waals surface area contributed by atoms with Crippen LogP contribution in [-0.4, -0.2) is 51.6 Å². The van der Waals surface area contributed by atoms with Crippen LogP contribution in [0.3, 0.4) is 0 Å². The first-order valence-electron chi connectivity index (χ1n) is 12.3. The molecule has 0 bridgehead atoms. The van der Waals surface area contributed by atoms with E-state index in [0.29, 0.717) is 31.2 Å². The first-order valence-corrected chi connectivity index (χ1v) is 13.4. The Hall–Kier alpha value is -4.17. The van der Waals surface area contributed by atoms with E-state index in [1.54, 1.807) is 4.90 Å². The molecule has 1 aromatic heterocycles. The number of nitrogens with zero attached hydrogens (tertiary/aromatic N) is 3. The number of ether oxygens (including phenoxy) is 1. The van der Waals surface area contributed by atoms with Gasteiger partial charge in [0.05, 0.1) is 10.4 Å². The maximum Gasteiger partial charge on any atom is 0.410 e. The summed E-state index contributed by atoms with van der Waals surface area (Å²) in [6, 6.07) is 29.5. The quantitative estimate of drug-likeness (QED) is 0.345. The molecule has 1 N–H and O–H groups in total. The molecular weight excluding hydrogens is 484 g/mol. The van der Waals surface area contributed by atoms with Crippen molar-refractivity contribution in [2.75, 3.05) is 31.1 Å². The van der Waals surface area contributed by atoms with Crippen LogP contribution < -0.4 is 4.90 Å². The van der Waals surface area contributed by atoms with E-state index in [4.69, 9.17) is 4.74 Å². The molecule has 0 saturated carbocycles. The van der Waals surface area contributed by atoms with Crippen molar-refractivity contribution in [2.45, 2.75) is 16.5 Å². The number of H-pyrrole nitrogens is 1. The molecule has 1 aliphatic rings. The summed E-state index contributed by atoms with van der Waals surface area (Å²) >= 11 is 0. The summed E-state index contributed by atoms with van der Waals surface area (Å²) in [5, 5.41) is 10.9. The summed E-state index contributed by atoms with van der Waals surface area (Å²) < 4.78 is 19.2. The van der Waals surface area contributed by atoms with Gasteiger partial charge in [-0.3, -0.25) is 5.10 Å². The first-order chi connectivity index (χ1) is 18.2. The second kappa shape index (κ2) is 10.1. The molecule has 1 fully saturated rings. The van der Waals surface area contributed by atoms with Crippen molar-refractivity contribution in [3.05, 3.63) is 96.6 Å². The number of benzene rings is 4. The molecule has 1 saturated heterocycles. The lowest BCUT2D eigenvalue weighted by Crippen LogP contribution is -2.48. The largest absolute Gasteiger partial charge is 0.445 e. The summed E-state index contributed by atoms with van der Waals surface area (Å²) in [5.74, 6) is 0. The molecule has 186 valence electrons. The van der Waals surface area contributed by atoms with Gasteiger partial charge in [0, 0.05) is 37.3 Å². The number of aromatic amines is 1. The third-order valence-electron chi connectivity index (χ3n) is 6.75. The number of hydrogen-bond acceptors (Lipinski definition) is 5. The Labute approximate surface area is 217 Å². The molecule has 1 atom stereocenters. The maximum absolute atomic E-state index is 13.7. The van der Waals surface area contributed by atoms with Crippen LogP contribution in [0.4, 0.5) is 10.5 Å². The number of hydrogen-bond donors (Lipinski definition) is 1. The lowest BCUT2D eigenvalue weighted by molar-refractivity contribution is 0.0942. The number of carbonyl (C=O) groups excluding carboxylic acids is 1.